The summed E-state index contributed by atoms with van der Waals surface area (Å²) in [5.74, 6) is 0.939. The standard InChI is InChI=1S/C19H20Cl2O/c1-13(17-7-3-15(11-20)4-8-17)19(22)14(2)18-9-5-16(12-21)6-10-18/h3-10,13-14H,11-12H2,1-2H3. The average Bonchev–Trinajstić information content (AvgIpc) is 2.60. The van der Waals surface area contributed by atoms with Crippen molar-refractivity contribution >= 4 is 29.0 Å². The van der Waals surface area contributed by atoms with Crippen LogP contribution in [0.5, 0.6) is 0 Å². The van der Waals surface area contributed by atoms with Gasteiger partial charge in [0, 0.05) is 23.6 Å². The number of halogens is 2. The topological polar surface area (TPSA) is 17.1 Å². The first-order valence-electron chi connectivity index (χ1n) is 7.40. The lowest BCUT2D eigenvalue weighted by Gasteiger charge is -2.17. The maximum Gasteiger partial charge on any atom is 0.147 e. The molecule has 0 aliphatic rings. The number of rotatable bonds is 6. The summed E-state index contributed by atoms with van der Waals surface area (Å²) in [6.07, 6.45) is 0. The Bertz CT molecular complexity index is 561. The normalized spacial score (nSPS) is 13.6. The van der Waals surface area contributed by atoms with E-state index in [1.807, 2.05) is 62.4 Å². The van der Waals surface area contributed by atoms with Crippen molar-refractivity contribution in [2.24, 2.45) is 0 Å². The first-order valence-corrected chi connectivity index (χ1v) is 8.47. The number of carbonyl (C=O) groups is 1. The van der Waals surface area contributed by atoms with E-state index in [1.54, 1.807) is 0 Å². The van der Waals surface area contributed by atoms with Gasteiger partial charge in [-0.3, -0.25) is 4.79 Å². The highest BCUT2D eigenvalue weighted by molar-refractivity contribution is 6.17. The van der Waals surface area contributed by atoms with Crippen LogP contribution in [0.1, 0.15) is 47.9 Å². The van der Waals surface area contributed by atoms with Gasteiger partial charge in [-0.15, -0.1) is 23.2 Å². The van der Waals surface area contributed by atoms with Crippen LogP contribution in [-0.2, 0) is 16.6 Å². The minimum atomic E-state index is -0.132. The molecule has 2 unspecified atom stereocenters. The molecule has 0 amide bonds. The molecule has 2 atom stereocenters. The van der Waals surface area contributed by atoms with Crippen LogP contribution in [0, 0.1) is 0 Å². The number of benzene rings is 2. The summed E-state index contributed by atoms with van der Waals surface area (Å²) >= 11 is 11.6. The van der Waals surface area contributed by atoms with Crippen molar-refractivity contribution < 1.29 is 4.79 Å². The van der Waals surface area contributed by atoms with Gasteiger partial charge in [0.1, 0.15) is 5.78 Å². The van der Waals surface area contributed by atoms with Crippen molar-refractivity contribution in [3.8, 4) is 0 Å². The maximum atomic E-state index is 12.7. The van der Waals surface area contributed by atoms with Crippen LogP contribution >= 0.6 is 23.2 Å². The summed E-state index contributed by atoms with van der Waals surface area (Å²) in [7, 11) is 0. The number of carbonyl (C=O) groups excluding carboxylic acids is 1. The minimum Gasteiger partial charge on any atom is -0.298 e. The van der Waals surface area contributed by atoms with Gasteiger partial charge in [0.05, 0.1) is 0 Å². The van der Waals surface area contributed by atoms with E-state index in [9.17, 15) is 4.79 Å². The summed E-state index contributed by atoms with van der Waals surface area (Å²) in [5, 5.41) is 0. The number of Topliss-reactive ketones (excluding diaryl/α,β-unsaturated/α-hetero) is 1. The highest BCUT2D eigenvalue weighted by Gasteiger charge is 2.22. The average molecular weight is 335 g/mol. The molecule has 0 saturated carbocycles. The van der Waals surface area contributed by atoms with Crippen LogP contribution < -0.4 is 0 Å². The van der Waals surface area contributed by atoms with E-state index >= 15 is 0 Å². The van der Waals surface area contributed by atoms with E-state index in [4.69, 9.17) is 23.2 Å². The van der Waals surface area contributed by atoms with Gasteiger partial charge in [-0.05, 0) is 22.3 Å². The molecule has 0 aromatic heterocycles. The third-order valence-electron chi connectivity index (χ3n) is 4.12. The monoisotopic (exact) mass is 334 g/mol. The first-order chi connectivity index (χ1) is 10.6. The largest absolute Gasteiger partial charge is 0.298 e. The zero-order valence-corrected chi connectivity index (χ0v) is 14.4. The molecule has 1 nitrogen and oxygen atoms in total. The highest BCUT2D eigenvalue weighted by Crippen LogP contribution is 2.27. The van der Waals surface area contributed by atoms with Crippen molar-refractivity contribution in [3.05, 3.63) is 70.8 Å². The molecule has 0 bridgehead atoms. The van der Waals surface area contributed by atoms with Crippen LogP contribution in [0.3, 0.4) is 0 Å². The van der Waals surface area contributed by atoms with E-state index in [1.165, 1.54) is 0 Å². The summed E-state index contributed by atoms with van der Waals surface area (Å²) in [4.78, 5) is 12.7. The summed E-state index contributed by atoms with van der Waals surface area (Å²) in [5.41, 5.74) is 4.19. The predicted molar refractivity (Wildman–Crippen MR) is 93.8 cm³/mol. The zero-order valence-electron chi connectivity index (χ0n) is 12.9. The Morgan fingerprint density at radius 1 is 0.773 bits per heavy atom. The quantitative estimate of drug-likeness (QED) is 0.624. The molecule has 0 aliphatic carbocycles. The molecule has 22 heavy (non-hydrogen) atoms. The third-order valence-corrected chi connectivity index (χ3v) is 4.74. The van der Waals surface area contributed by atoms with Crippen LogP contribution in [0.4, 0.5) is 0 Å². The lowest BCUT2D eigenvalue weighted by molar-refractivity contribution is -0.121. The molecule has 0 N–H and O–H groups in total. The van der Waals surface area contributed by atoms with Gasteiger partial charge in [0.25, 0.3) is 0 Å². The van der Waals surface area contributed by atoms with Gasteiger partial charge in [-0.2, -0.15) is 0 Å². The van der Waals surface area contributed by atoms with E-state index in [0.29, 0.717) is 11.8 Å². The van der Waals surface area contributed by atoms with E-state index < -0.39 is 0 Å². The van der Waals surface area contributed by atoms with Crippen molar-refractivity contribution in [3.63, 3.8) is 0 Å². The second-order valence-corrected chi connectivity index (χ2v) is 6.13. The number of hydrogen-bond donors (Lipinski definition) is 0. The molecule has 2 aromatic rings. The Hall–Kier alpha value is -1.31. The molecule has 0 radical (unpaired) electrons. The Morgan fingerprint density at radius 3 is 1.36 bits per heavy atom. The predicted octanol–water partition coefficient (Wildman–Crippen LogP) is 5.64. The highest BCUT2D eigenvalue weighted by atomic mass is 35.5. The Kier molecular flexibility index (Phi) is 6.05. The van der Waals surface area contributed by atoms with Gasteiger partial charge >= 0.3 is 0 Å². The molecule has 0 saturated heterocycles. The molecule has 2 rings (SSSR count). The van der Waals surface area contributed by atoms with Crippen LogP contribution in [-0.4, -0.2) is 5.78 Å². The van der Waals surface area contributed by atoms with E-state index in [-0.39, 0.29) is 17.6 Å². The lowest BCUT2D eigenvalue weighted by atomic mass is 9.85. The number of hydrogen-bond acceptors (Lipinski definition) is 1. The van der Waals surface area contributed by atoms with Crippen LogP contribution in [0.25, 0.3) is 0 Å². The Balaban J connectivity index is 2.13. The van der Waals surface area contributed by atoms with Crippen molar-refractivity contribution in [1.82, 2.24) is 0 Å². The van der Waals surface area contributed by atoms with E-state index in [0.717, 1.165) is 22.3 Å². The molecule has 0 heterocycles. The van der Waals surface area contributed by atoms with Crippen molar-refractivity contribution in [2.75, 3.05) is 0 Å². The van der Waals surface area contributed by atoms with Gasteiger partial charge in [-0.1, -0.05) is 62.4 Å². The van der Waals surface area contributed by atoms with Crippen LogP contribution in [0.15, 0.2) is 48.5 Å². The Labute approximate surface area is 142 Å². The fourth-order valence-electron chi connectivity index (χ4n) is 2.49. The number of alkyl halides is 2. The molecule has 0 fully saturated rings. The van der Waals surface area contributed by atoms with Gasteiger partial charge in [-0.25, -0.2) is 0 Å². The molecule has 116 valence electrons. The maximum absolute atomic E-state index is 12.7. The first kappa shape index (κ1) is 17.1. The summed E-state index contributed by atoms with van der Waals surface area (Å²) in [6, 6.07) is 15.9. The summed E-state index contributed by atoms with van der Waals surface area (Å²) < 4.78 is 0. The van der Waals surface area contributed by atoms with Crippen LogP contribution in [0.2, 0.25) is 0 Å². The Morgan fingerprint density at radius 2 is 1.09 bits per heavy atom. The smallest absolute Gasteiger partial charge is 0.147 e. The fourth-order valence-corrected chi connectivity index (χ4v) is 2.85. The van der Waals surface area contributed by atoms with Crippen molar-refractivity contribution in [2.45, 2.75) is 37.4 Å². The molecule has 0 aliphatic heterocycles. The molecular weight excluding hydrogens is 315 g/mol. The zero-order chi connectivity index (χ0) is 16.1. The molecule has 0 spiro atoms. The summed E-state index contributed by atoms with van der Waals surface area (Å²) in [6.45, 7) is 3.92. The molecular formula is C19H20Cl2O. The molecule has 2 aromatic carbocycles. The third kappa shape index (κ3) is 3.91. The lowest BCUT2D eigenvalue weighted by Crippen LogP contribution is -2.16. The van der Waals surface area contributed by atoms with Gasteiger partial charge in [0.15, 0.2) is 0 Å². The second kappa shape index (κ2) is 7.80. The molecule has 3 heteroatoms. The van der Waals surface area contributed by atoms with Crippen molar-refractivity contribution in [1.29, 1.82) is 0 Å². The van der Waals surface area contributed by atoms with Gasteiger partial charge in [0.2, 0.25) is 0 Å². The fraction of sp³-hybridized carbons (Fsp3) is 0.316. The minimum absolute atomic E-state index is 0.132. The number of ketones is 1. The van der Waals surface area contributed by atoms with Gasteiger partial charge < -0.3 is 0 Å². The SMILES string of the molecule is CC(C(=O)C(C)c1ccc(CCl)cc1)c1ccc(CCl)cc1. The second-order valence-electron chi connectivity index (χ2n) is 5.60. The van der Waals surface area contributed by atoms with E-state index in [2.05, 4.69) is 0 Å².